The predicted molar refractivity (Wildman–Crippen MR) is 47.3 cm³/mol. The van der Waals surface area contributed by atoms with Crippen LogP contribution in [0, 0.1) is 6.92 Å². The lowest BCUT2D eigenvalue weighted by atomic mass is 10.2. The molecule has 0 aromatic carbocycles. The molecule has 0 fully saturated rings. The Bertz CT molecular complexity index is 344. The first-order valence-corrected chi connectivity index (χ1v) is 4.23. The first-order valence-electron chi connectivity index (χ1n) is 4.23. The van der Waals surface area contributed by atoms with E-state index in [4.69, 9.17) is 4.42 Å². The molecule has 1 aromatic heterocycles. The predicted octanol–water partition coefficient (Wildman–Crippen LogP) is 1.13. The van der Waals surface area contributed by atoms with E-state index in [0.29, 0.717) is 11.8 Å². The summed E-state index contributed by atoms with van der Waals surface area (Å²) < 4.78 is 5.35. The second-order valence-corrected chi connectivity index (χ2v) is 3.29. The van der Waals surface area contributed by atoms with Crippen molar-refractivity contribution in [2.75, 3.05) is 7.05 Å². The van der Waals surface area contributed by atoms with Gasteiger partial charge < -0.3 is 4.42 Å². The highest BCUT2D eigenvalue weighted by atomic mass is 16.4. The van der Waals surface area contributed by atoms with Crippen molar-refractivity contribution in [3.63, 3.8) is 0 Å². The summed E-state index contributed by atoms with van der Waals surface area (Å²) in [5.41, 5.74) is 1.10. The Labute approximate surface area is 76.4 Å². The Hall–Kier alpha value is -1.39. The molecule has 2 heterocycles. The van der Waals surface area contributed by atoms with Crippen molar-refractivity contribution in [3.05, 3.63) is 11.8 Å². The Morgan fingerprint density at radius 2 is 2.15 bits per heavy atom. The molecule has 0 radical (unpaired) electrons. The molecule has 1 aliphatic heterocycles. The van der Waals surface area contributed by atoms with Crippen LogP contribution >= 0.6 is 0 Å². The average molecular weight is 180 g/mol. The van der Waals surface area contributed by atoms with Crippen molar-refractivity contribution in [1.82, 2.24) is 15.2 Å². The highest BCUT2D eigenvalue weighted by Crippen LogP contribution is 2.27. The van der Waals surface area contributed by atoms with Gasteiger partial charge >= 0.3 is 0 Å². The van der Waals surface area contributed by atoms with Gasteiger partial charge in [-0.25, -0.2) is 0 Å². The number of hydrogen-bond acceptors (Lipinski definition) is 5. The number of aryl methyl sites for hydroxylation is 1. The Morgan fingerprint density at radius 1 is 1.38 bits per heavy atom. The van der Waals surface area contributed by atoms with Crippen LogP contribution in [0.5, 0.6) is 0 Å². The van der Waals surface area contributed by atoms with E-state index in [1.807, 2.05) is 19.0 Å². The summed E-state index contributed by atoms with van der Waals surface area (Å²) >= 11 is 0. The zero-order valence-corrected chi connectivity index (χ0v) is 7.98. The van der Waals surface area contributed by atoms with Crippen molar-refractivity contribution in [2.24, 2.45) is 5.10 Å². The van der Waals surface area contributed by atoms with Crippen molar-refractivity contribution in [3.8, 4) is 0 Å². The highest BCUT2D eigenvalue weighted by molar-refractivity contribution is 5.83. The largest absolute Gasteiger partial charge is 0.423 e. The van der Waals surface area contributed by atoms with Crippen molar-refractivity contribution in [2.45, 2.75) is 26.3 Å². The molecule has 0 aliphatic carbocycles. The van der Waals surface area contributed by atoms with E-state index in [1.54, 1.807) is 6.92 Å². The van der Waals surface area contributed by atoms with Gasteiger partial charge in [-0.15, -0.1) is 10.2 Å². The average Bonchev–Trinajstić information content (AvgIpc) is 2.58. The van der Waals surface area contributed by atoms with Crippen molar-refractivity contribution < 1.29 is 4.42 Å². The minimum absolute atomic E-state index is 0.126. The fourth-order valence-electron chi connectivity index (χ4n) is 1.49. The third kappa shape index (κ3) is 1.41. The summed E-state index contributed by atoms with van der Waals surface area (Å²) in [6.07, 6.45) is 0.873. The minimum atomic E-state index is 0.126. The third-order valence-electron chi connectivity index (χ3n) is 2.09. The highest BCUT2D eigenvalue weighted by Gasteiger charge is 2.27. The molecule has 2 rings (SSSR count). The molecular weight excluding hydrogens is 168 g/mol. The molecular formula is C8H12N4O. The number of aromatic nitrogens is 2. The van der Waals surface area contributed by atoms with Gasteiger partial charge in [-0.05, 0) is 6.92 Å². The molecule has 13 heavy (non-hydrogen) atoms. The molecule has 0 spiro atoms. The van der Waals surface area contributed by atoms with Crippen LogP contribution in [0.3, 0.4) is 0 Å². The lowest BCUT2D eigenvalue weighted by Gasteiger charge is -2.13. The smallest absolute Gasteiger partial charge is 0.240 e. The number of nitrogens with zero attached hydrogens (tertiary/aromatic N) is 4. The van der Waals surface area contributed by atoms with E-state index in [2.05, 4.69) is 15.3 Å². The molecule has 1 aliphatic rings. The van der Waals surface area contributed by atoms with E-state index in [-0.39, 0.29) is 6.04 Å². The van der Waals surface area contributed by atoms with Crippen molar-refractivity contribution >= 4 is 5.71 Å². The SMILES string of the molecule is CC1=NN(C)C(c2nnc(C)o2)C1. The van der Waals surface area contributed by atoms with Crippen LogP contribution in [0.2, 0.25) is 0 Å². The molecule has 0 bridgehead atoms. The van der Waals surface area contributed by atoms with E-state index in [0.717, 1.165) is 12.1 Å². The molecule has 0 saturated heterocycles. The summed E-state index contributed by atoms with van der Waals surface area (Å²) in [5.74, 6) is 1.26. The zero-order valence-electron chi connectivity index (χ0n) is 7.98. The number of rotatable bonds is 1. The topological polar surface area (TPSA) is 54.5 Å². The summed E-state index contributed by atoms with van der Waals surface area (Å²) in [4.78, 5) is 0. The van der Waals surface area contributed by atoms with Crippen LogP contribution in [0.4, 0.5) is 0 Å². The molecule has 0 amide bonds. The van der Waals surface area contributed by atoms with Crippen LogP contribution in [-0.4, -0.2) is 28.0 Å². The first-order chi connectivity index (χ1) is 6.16. The Kier molecular flexibility index (Phi) is 1.79. The molecule has 1 aromatic rings. The van der Waals surface area contributed by atoms with Gasteiger partial charge in [0.1, 0.15) is 6.04 Å². The van der Waals surface area contributed by atoms with Gasteiger partial charge in [0.05, 0.1) is 0 Å². The first kappa shape index (κ1) is 8.22. The molecule has 0 N–H and O–H groups in total. The van der Waals surface area contributed by atoms with E-state index in [1.165, 1.54) is 0 Å². The minimum Gasteiger partial charge on any atom is -0.423 e. The maximum Gasteiger partial charge on any atom is 0.240 e. The zero-order chi connectivity index (χ0) is 9.42. The van der Waals surface area contributed by atoms with Gasteiger partial charge in [0, 0.05) is 26.1 Å². The van der Waals surface area contributed by atoms with E-state index in [9.17, 15) is 0 Å². The van der Waals surface area contributed by atoms with Gasteiger partial charge in [0.2, 0.25) is 11.8 Å². The molecule has 1 unspecified atom stereocenters. The van der Waals surface area contributed by atoms with Gasteiger partial charge in [-0.3, -0.25) is 5.01 Å². The molecule has 5 heteroatoms. The standard InChI is InChI=1S/C8H12N4O/c1-5-4-7(12(3)11-5)8-10-9-6(2)13-8/h7H,4H2,1-3H3. The second-order valence-electron chi connectivity index (χ2n) is 3.29. The second kappa shape index (κ2) is 2.83. The number of hydrazone groups is 1. The summed E-state index contributed by atoms with van der Waals surface area (Å²) in [6.45, 7) is 3.79. The normalized spacial score (nSPS) is 22.2. The van der Waals surface area contributed by atoms with Gasteiger partial charge in [-0.2, -0.15) is 5.10 Å². The maximum atomic E-state index is 5.35. The monoisotopic (exact) mass is 180 g/mol. The lowest BCUT2D eigenvalue weighted by molar-refractivity contribution is 0.243. The van der Waals surface area contributed by atoms with E-state index < -0.39 is 0 Å². The molecule has 70 valence electrons. The summed E-state index contributed by atoms with van der Waals surface area (Å²) in [6, 6.07) is 0.126. The molecule has 1 atom stereocenters. The van der Waals surface area contributed by atoms with E-state index >= 15 is 0 Å². The molecule has 5 nitrogen and oxygen atoms in total. The quantitative estimate of drug-likeness (QED) is 0.650. The lowest BCUT2D eigenvalue weighted by Crippen LogP contribution is -2.14. The maximum absolute atomic E-state index is 5.35. The van der Waals surface area contributed by atoms with Gasteiger partial charge in [0.25, 0.3) is 0 Å². The fourth-order valence-corrected chi connectivity index (χ4v) is 1.49. The Balaban J connectivity index is 2.20. The fraction of sp³-hybridized carbons (Fsp3) is 0.625. The van der Waals surface area contributed by atoms with Crippen LogP contribution in [-0.2, 0) is 0 Å². The van der Waals surface area contributed by atoms with Crippen molar-refractivity contribution in [1.29, 1.82) is 0 Å². The number of hydrogen-bond donors (Lipinski definition) is 0. The van der Waals surface area contributed by atoms with Crippen LogP contribution in [0.25, 0.3) is 0 Å². The van der Waals surface area contributed by atoms with Gasteiger partial charge in [-0.1, -0.05) is 0 Å². The van der Waals surface area contributed by atoms with Crippen LogP contribution < -0.4 is 0 Å². The summed E-state index contributed by atoms with van der Waals surface area (Å²) in [7, 11) is 1.92. The summed E-state index contributed by atoms with van der Waals surface area (Å²) in [5, 5.41) is 13.9. The molecule has 0 saturated carbocycles. The third-order valence-corrected chi connectivity index (χ3v) is 2.09. The van der Waals surface area contributed by atoms with Gasteiger partial charge in [0.15, 0.2) is 0 Å². The Morgan fingerprint density at radius 3 is 2.62 bits per heavy atom. The van der Waals surface area contributed by atoms with Crippen LogP contribution in [0.1, 0.15) is 31.2 Å². The van der Waals surface area contributed by atoms with Crippen LogP contribution in [0.15, 0.2) is 9.52 Å².